The lowest BCUT2D eigenvalue weighted by atomic mass is 10.1. The van der Waals surface area contributed by atoms with Crippen molar-refractivity contribution in [2.75, 3.05) is 5.73 Å². The molecule has 13 heavy (non-hydrogen) atoms. The van der Waals surface area contributed by atoms with E-state index >= 15 is 0 Å². The first kappa shape index (κ1) is 9.32. The van der Waals surface area contributed by atoms with Crippen molar-refractivity contribution in [3.8, 4) is 0 Å². The Morgan fingerprint density at radius 3 is 2.69 bits per heavy atom. The summed E-state index contributed by atoms with van der Waals surface area (Å²) in [5.41, 5.74) is 13.2. The third kappa shape index (κ3) is 2.63. The second-order valence-corrected chi connectivity index (χ2v) is 2.87. The molecule has 0 saturated carbocycles. The molecule has 0 aliphatic heterocycles. The molecule has 0 spiro atoms. The highest BCUT2D eigenvalue weighted by atomic mass is 16.1. The number of hydrogen-bond donors (Lipinski definition) is 2. The average molecular weight is 176 g/mol. The first-order chi connectivity index (χ1) is 6.09. The molecule has 3 nitrogen and oxygen atoms in total. The zero-order valence-corrected chi connectivity index (χ0v) is 7.45. The van der Waals surface area contributed by atoms with E-state index in [1.54, 1.807) is 6.08 Å². The Hall–Kier alpha value is -1.77. The van der Waals surface area contributed by atoms with E-state index in [1.165, 1.54) is 6.08 Å². The van der Waals surface area contributed by atoms with Crippen LogP contribution in [0.1, 0.15) is 11.1 Å². The van der Waals surface area contributed by atoms with E-state index in [-0.39, 0.29) is 0 Å². The van der Waals surface area contributed by atoms with Gasteiger partial charge < -0.3 is 11.5 Å². The second kappa shape index (κ2) is 3.76. The number of amides is 1. The molecule has 0 fully saturated rings. The van der Waals surface area contributed by atoms with Crippen LogP contribution < -0.4 is 11.5 Å². The molecule has 0 heterocycles. The monoisotopic (exact) mass is 176 g/mol. The number of aryl methyl sites for hydroxylation is 1. The minimum Gasteiger partial charge on any atom is -0.398 e. The van der Waals surface area contributed by atoms with E-state index in [0.717, 1.165) is 11.1 Å². The number of carbonyl (C=O) groups is 1. The van der Waals surface area contributed by atoms with Gasteiger partial charge in [0.1, 0.15) is 0 Å². The normalized spacial score (nSPS) is 10.5. The average Bonchev–Trinajstić information content (AvgIpc) is 2.02. The molecule has 0 unspecified atom stereocenters. The maximum atomic E-state index is 10.4. The highest BCUT2D eigenvalue weighted by Gasteiger charge is 1.94. The molecule has 0 bridgehead atoms. The SMILES string of the molecule is Cc1ccc(C=CC(N)=O)c(N)c1. The topological polar surface area (TPSA) is 69.1 Å². The fraction of sp³-hybridized carbons (Fsp3) is 0.100. The van der Waals surface area contributed by atoms with Gasteiger partial charge in [-0.05, 0) is 30.2 Å². The Balaban J connectivity index is 2.96. The Morgan fingerprint density at radius 1 is 1.46 bits per heavy atom. The van der Waals surface area contributed by atoms with Crippen LogP contribution in [0.5, 0.6) is 0 Å². The molecule has 1 rings (SSSR count). The Bertz CT molecular complexity index is 356. The second-order valence-electron chi connectivity index (χ2n) is 2.87. The van der Waals surface area contributed by atoms with Gasteiger partial charge in [0.25, 0.3) is 0 Å². The highest BCUT2D eigenvalue weighted by molar-refractivity contribution is 5.91. The lowest BCUT2D eigenvalue weighted by Gasteiger charge is -2.00. The molecule has 3 heteroatoms. The predicted molar refractivity (Wildman–Crippen MR) is 53.8 cm³/mol. The third-order valence-corrected chi connectivity index (χ3v) is 1.67. The van der Waals surface area contributed by atoms with Gasteiger partial charge in [0.05, 0.1) is 0 Å². The summed E-state index contributed by atoms with van der Waals surface area (Å²) in [6, 6.07) is 5.63. The summed E-state index contributed by atoms with van der Waals surface area (Å²) >= 11 is 0. The summed E-state index contributed by atoms with van der Waals surface area (Å²) < 4.78 is 0. The van der Waals surface area contributed by atoms with Crippen LogP contribution in [0.2, 0.25) is 0 Å². The number of rotatable bonds is 2. The molecule has 4 N–H and O–H groups in total. The van der Waals surface area contributed by atoms with Gasteiger partial charge in [-0.15, -0.1) is 0 Å². The van der Waals surface area contributed by atoms with E-state index in [0.29, 0.717) is 5.69 Å². The summed E-state index contributed by atoms with van der Waals surface area (Å²) in [6.07, 6.45) is 2.90. The van der Waals surface area contributed by atoms with E-state index < -0.39 is 5.91 Å². The molecule has 1 aromatic carbocycles. The van der Waals surface area contributed by atoms with Gasteiger partial charge >= 0.3 is 0 Å². The minimum atomic E-state index is -0.472. The van der Waals surface area contributed by atoms with Crippen LogP contribution >= 0.6 is 0 Å². The molecule has 0 saturated heterocycles. The summed E-state index contributed by atoms with van der Waals surface area (Å²) in [6.45, 7) is 1.96. The zero-order chi connectivity index (χ0) is 9.84. The van der Waals surface area contributed by atoms with Gasteiger partial charge in [-0.3, -0.25) is 4.79 Å². The van der Waals surface area contributed by atoms with Crippen LogP contribution in [0.15, 0.2) is 24.3 Å². The third-order valence-electron chi connectivity index (χ3n) is 1.67. The van der Waals surface area contributed by atoms with Crippen molar-refractivity contribution in [1.82, 2.24) is 0 Å². The Kier molecular flexibility index (Phi) is 2.69. The maximum absolute atomic E-state index is 10.4. The van der Waals surface area contributed by atoms with Crippen molar-refractivity contribution in [1.29, 1.82) is 0 Å². The summed E-state index contributed by atoms with van der Waals surface area (Å²) in [4.78, 5) is 10.4. The molecule has 68 valence electrons. The van der Waals surface area contributed by atoms with Crippen molar-refractivity contribution < 1.29 is 4.79 Å². The highest BCUT2D eigenvalue weighted by Crippen LogP contribution is 2.14. The van der Waals surface area contributed by atoms with Gasteiger partial charge in [0.2, 0.25) is 5.91 Å². The maximum Gasteiger partial charge on any atom is 0.241 e. The van der Waals surface area contributed by atoms with E-state index in [1.807, 2.05) is 25.1 Å². The predicted octanol–water partition coefficient (Wildman–Crippen LogP) is 1.08. The standard InChI is InChI=1S/C10H12N2O/c1-7-2-3-8(9(11)6-7)4-5-10(12)13/h2-6H,11H2,1H3,(H2,12,13). The van der Waals surface area contributed by atoms with Crippen molar-refractivity contribution in [3.05, 3.63) is 35.4 Å². The van der Waals surface area contributed by atoms with E-state index in [9.17, 15) is 4.79 Å². The molecular weight excluding hydrogens is 164 g/mol. The van der Waals surface area contributed by atoms with Crippen molar-refractivity contribution in [3.63, 3.8) is 0 Å². The first-order valence-electron chi connectivity index (χ1n) is 3.93. The summed E-state index contributed by atoms with van der Waals surface area (Å²) in [5.74, 6) is -0.472. The van der Waals surface area contributed by atoms with E-state index in [4.69, 9.17) is 11.5 Å². The van der Waals surface area contributed by atoms with E-state index in [2.05, 4.69) is 0 Å². The number of primary amides is 1. The molecule has 0 aromatic heterocycles. The first-order valence-corrected chi connectivity index (χ1v) is 3.93. The van der Waals surface area contributed by atoms with Crippen LogP contribution in [0, 0.1) is 6.92 Å². The fourth-order valence-electron chi connectivity index (χ4n) is 1.02. The molecule has 1 aromatic rings. The molecule has 0 aliphatic rings. The largest absolute Gasteiger partial charge is 0.398 e. The van der Waals surface area contributed by atoms with Gasteiger partial charge in [-0.2, -0.15) is 0 Å². The summed E-state index contributed by atoms with van der Waals surface area (Å²) in [5, 5.41) is 0. The fourth-order valence-corrected chi connectivity index (χ4v) is 1.02. The quantitative estimate of drug-likeness (QED) is 0.523. The zero-order valence-electron chi connectivity index (χ0n) is 7.45. The lowest BCUT2D eigenvalue weighted by Crippen LogP contribution is -2.05. The number of nitrogens with two attached hydrogens (primary N) is 2. The molecule has 0 atom stereocenters. The molecular formula is C10H12N2O. The number of nitrogen functional groups attached to an aromatic ring is 1. The Morgan fingerprint density at radius 2 is 2.15 bits per heavy atom. The number of anilines is 1. The van der Waals surface area contributed by atoms with Crippen molar-refractivity contribution in [2.45, 2.75) is 6.92 Å². The summed E-state index contributed by atoms with van der Waals surface area (Å²) in [7, 11) is 0. The van der Waals surface area contributed by atoms with Crippen molar-refractivity contribution >= 4 is 17.7 Å². The van der Waals surface area contributed by atoms with Gasteiger partial charge in [0, 0.05) is 11.8 Å². The van der Waals surface area contributed by atoms with Crippen LogP contribution in [-0.2, 0) is 4.79 Å². The smallest absolute Gasteiger partial charge is 0.241 e. The molecule has 0 radical (unpaired) electrons. The van der Waals surface area contributed by atoms with Crippen molar-refractivity contribution in [2.24, 2.45) is 5.73 Å². The minimum absolute atomic E-state index is 0.472. The van der Waals surface area contributed by atoms with Gasteiger partial charge in [0.15, 0.2) is 0 Å². The van der Waals surface area contributed by atoms with Crippen LogP contribution in [-0.4, -0.2) is 5.91 Å². The number of hydrogen-bond acceptors (Lipinski definition) is 2. The lowest BCUT2D eigenvalue weighted by molar-refractivity contribution is -0.113. The Labute approximate surface area is 77.0 Å². The van der Waals surface area contributed by atoms with Crippen LogP contribution in [0.4, 0.5) is 5.69 Å². The number of benzene rings is 1. The van der Waals surface area contributed by atoms with Crippen LogP contribution in [0.25, 0.3) is 6.08 Å². The number of carbonyl (C=O) groups excluding carboxylic acids is 1. The van der Waals surface area contributed by atoms with Gasteiger partial charge in [-0.1, -0.05) is 12.1 Å². The molecule has 0 aliphatic carbocycles. The van der Waals surface area contributed by atoms with Crippen LogP contribution in [0.3, 0.4) is 0 Å². The van der Waals surface area contributed by atoms with Gasteiger partial charge in [-0.25, -0.2) is 0 Å². The molecule has 1 amide bonds.